The van der Waals surface area contributed by atoms with Gasteiger partial charge in [-0.2, -0.15) is 0 Å². The Balaban J connectivity index is 1.66. The Morgan fingerprint density at radius 1 is 1.12 bits per heavy atom. The van der Waals surface area contributed by atoms with E-state index in [1.165, 1.54) is 24.3 Å². The standard InChI is InChI=1S/C19H23FN2O4/c20-15-7-5-13(6-8-15)17(24)22-11-3-4-14(12-22)16(23)21-19(18(25)26)9-1-2-10-19/h5-8,14H,1-4,9-12H2,(H,21,23)(H,25,26). The van der Waals surface area contributed by atoms with Gasteiger partial charge in [0.05, 0.1) is 5.92 Å². The van der Waals surface area contributed by atoms with Gasteiger partial charge in [0.1, 0.15) is 11.4 Å². The molecular weight excluding hydrogens is 339 g/mol. The monoisotopic (exact) mass is 362 g/mol. The van der Waals surface area contributed by atoms with Crippen molar-refractivity contribution in [2.45, 2.75) is 44.1 Å². The predicted octanol–water partition coefficient (Wildman–Crippen LogP) is 2.19. The quantitative estimate of drug-likeness (QED) is 0.860. The van der Waals surface area contributed by atoms with E-state index in [1.807, 2.05) is 0 Å². The average Bonchev–Trinajstić information content (AvgIpc) is 3.12. The number of hydrogen-bond acceptors (Lipinski definition) is 3. The molecule has 2 N–H and O–H groups in total. The van der Waals surface area contributed by atoms with Crippen LogP contribution in [0.25, 0.3) is 0 Å². The lowest BCUT2D eigenvalue weighted by Gasteiger charge is -2.34. The molecular formula is C19H23FN2O4. The van der Waals surface area contributed by atoms with Crippen molar-refractivity contribution in [3.8, 4) is 0 Å². The number of piperidine rings is 1. The Morgan fingerprint density at radius 2 is 1.77 bits per heavy atom. The summed E-state index contributed by atoms with van der Waals surface area (Å²) < 4.78 is 13.0. The van der Waals surface area contributed by atoms with Gasteiger partial charge in [0.2, 0.25) is 5.91 Å². The first-order valence-corrected chi connectivity index (χ1v) is 9.01. The van der Waals surface area contributed by atoms with Crippen LogP contribution in [0.5, 0.6) is 0 Å². The molecule has 0 aromatic heterocycles. The molecule has 7 heteroatoms. The molecule has 1 saturated carbocycles. The van der Waals surface area contributed by atoms with E-state index >= 15 is 0 Å². The van der Waals surface area contributed by atoms with Gasteiger partial charge in [-0.15, -0.1) is 0 Å². The molecule has 0 radical (unpaired) electrons. The first-order chi connectivity index (χ1) is 12.4. The largest absolute Gasteiger partial charge is 0.480 e. The summed E-state index contributed by atoms with van der Waals surface area (Å²) in [4.78, 5) is 38.4. The number of amides is 2. The highest BCUT2D eigenvalue weighted by atomic mass is 19.1. The molecule has 1 aliphatic carbocycles. The molecule has 1 heterocycles. The lowest BCUT2D eigenvalue weighted by molar-refractivity contribution is -0.148. The summed E-state index contributed by atoms with van der Waals surface area (Å²) in [6.45, 7) is 0.780. The van der Waals surface area contributed by atoms with Gasteiger partial charge in [-0.25, -0.2) is 9.18 Å². The minimum absolute atomic E-state index is 0.240. The molecule has 0 spiro atoms. The molecule has 2 aliphatic rings. The Hall–Kier alpha value is -2.44. The zero-order valence-corrected chi connectivity index (χ0v) is 14.5. The zero-order valence-electron chi connectivity index (χ0n) is 14.5. The number of carbonyl (C=O) groups is 3. The molecule has 1 aromatic carbocycles. The molecule has 1 aromatic rings. The Bertz CT molecular complexity index is 698. The van der Waals surface area contributed by atoms with E-state index < -0.39 is 23.2 Å². The van der Waals surface area contributed by atoms with Crippen molar-refractivity contribution in [2.75, 3.05) is 13.1 Å². The normalized spacial score (nSPS) is 22.0. The molecule has 3 rings (SSSR count). The number of nitrogens with one attached hydrogen (secondary N) is 1. The minimum atomic E-state index is -1.17. The van der Waals surface area contributed by atoms with Crippen molar-refractivity contribution >= 4 is 17.8 Å². The van der Waals surface area contributed by atoms with Crippen LogP contribution in [0.15, 0.2) is 24.3 Å². The average molecular weight is 362 g/mol. The zero-order chi connectivity index (χ0) is 18.7. The van der Waals surface area contributed by atoms with Crippen LogP contribution in [0.1, 0.15) is 48.9 Å². The summed E-state index contributed by atoms with van der Waals surface area (Å²) in [5.41, 5.74) is -0.786. The topological polar surface area (TPSA) is 86.7 Å². The van der Waals surface area contributed by atoms with Crippen LogP contribution in [0.3, 0.4) is 0 Å². The van der Waals surface area contributed by atoms with Gasteiger partial charge in [-0.1, -0.05) is 12.8 Å². The number of carboxylic acid groups (broad SMARTS) is 1. The van der Waals surface area contributed by atoms with Gasteiger partial charge < -0.3 is 15.3 Å². The number of carbonyl (C=O) groups excluding carboxylic acids is 2. The predicted molar refractivity (Wildman–Crippen MR) is 92.0 cm³/mol. The number of nitrogens with zero attached hydrogens (tertiary/aromatic N) is 1. The summed E-state index contributed by atoms with van der Waals surface area (Å²) in [5, 5.41) is 12.3. The number of likely N-dealkylation sites (tertiary alicyclic amines) is 1. The summed E-state index contributed by atoms with van der Waals surface area (Å²) in [6, 6.07) is 5.33. The molecule has 1 aliphatic heterocycles. The Morgan fingerprint density at radius 3 is 2.38 bits per heavy atom. The summed E-state index contributed by atoms with van der Waals surface area (Å²) in [5.74, 6) is -2.36. The third-order valence-corrected chi connectivity index (χ3v) is 5.40. The molecule has 1 unspecified atom stereocenters. The lowest BCUT2D eigenvalue weighted by atomic mass is 9.92. The van der Waals surface area contributed by atoms with Gasteiger partial charge in [0.15, 0.2) is 0 Å². The van der Waals surface area contributed by atoms with E-state index in [0.29, 0.717) is 37.8 Å². The van der Waals surface area contributed by atoms with E-state index in [9.17, 15) is 23.9 Å². The minimum Gasteiger partial charge on any atom is -0.480 e. The van der Waals surface area contributed by atoms with Crippen LogP contribution < -0.4 is 5.32 Å². The first kappa shape index (κ1) is 18.4. The third kappa shape index (κ3) is 3.71. The molecule has 1 atom stereocenters. The number of hydrogen-bond donors (Lipinski definition) is 2. The van der Waals surface area contributed by atoms with Gasteiger partial charge in [-0.05, 0) is 49.9 Å². The molecule has 26 heavy (non-hydrogen) atoms. The van der Waals surface area contributed by atoms with E-state index in [1.54, 1.807) is 4.90 Å². The fraction of sp³-hybridized carbons (Fsp3) is 0.526. The molecule has 6 nitrogen and oxygen atoms in total. The SMILES string of the molecule is O=C(NC1(C(=O)O)CCCC1)C1CCCN(C(=O)c2ccc(F)cc2)C1. The molecule has 1 saturated heterocycles. The maximum absolute atomic E-state index is 13.0. The number of rotatable bonds is 4. The van der Waals surface area contributed by atoms with Crippen molar-refractivity contribution in [3.63, 3.8) is 0 Å². The Labute approximate surface area is 151 Å². The van der Waals surface area contributed by atoms with Crippen LogP contribution in [-0.2, 0) is 9.59 Å². The Kier molecular flexibility index (Phi) is 5.25. The van der Waals surface area contributed by atoms with Crippen molar-refractivity contribution in [3.05, 3.63) is 35.6 Å². The third-order valence-electron chi connectivity index (χ3n) is 5.40. The van der Waals surface area contributed by atoms with Crippen molar-refractivity contribution in [1.29, 1.82) is 0 Å². The highest BCUT2D eigenvalue weighted by Gasteiger charge is 2.44. The summed E-state index contributed by atoms with van der Waals surface area (Å²) >= 11 is 0. The van der Waals surface area contributed by atoms with Crippen LogP contribution in [0, 0.1) is 11.7 Å². The summed E-state index contributed by atoms with van der Waals surface area (Å²) in [7, 11) is 0. The van der Waals surface area contributed by atoms with Crippen LogP contribution in [0.2, 0.25) is 0 Å². The molecule has 2 amide bonds. The fourth-order valence-electron chi connectivity index (χ4n) is 3.86. The number of benzene rings is 1. The van der Waals surface area contributed by atoms with Crippen LogP contribution in [0.4, 0.5) is 4.39 Å². The van der Waals surface area contributed by atoms with Gasteiger partial charge in [0, 0.05) is 18.7 Å². The molecule has 140 valence electrons. The number of aliphatic carboxylic acids is 1. The second kappa shape index (κ2) is 7.43. The summed E-state index contributed by atoms with van der Waals surface area (Å²) in [6.07, 6.45) is 3.75. The van der Waals surface area contributed by atoms with Gasteiger partial charge in [0.25, 0.3) is 5.91 Å². The van der Waals surface area contributed by atoms with Gasteiger partial charge >= 0.3 is 5.97 Å². The van der Waals surface area contributed by atoms with Crippen molar-refractivity contribution in [2.24, 2.45) is 5.92 Å². The van der Waals surface area contributed by atoms with E-state index in [4.69, 9.17) is 0 Å². The maximum Gasteiger partial charge on any atom is 0.329 e. The second-order valence-electron chi connectivity index (χ2n) is 7.18. The molecule has 2 fully saturated rings. The van der Waals surface area contributed by atoms with Crippen molar-refractivity contribution in [1.82, 2.24) is 10.2 Å². The highest BCUT2D eigenvalue weighted by molar-refractivity contribution is 5.95. The lowest BCUT2D eigenvalue weighted by Crippen LogP contribution is -2.56. The van der Waals surface area contributed by atoms with Crippen LogP contribution >= 0.6 is 0 Å². The van der Waals surface area contributed by atoms with Crippen LogP contribution in [-0.4, -0.2) is 46.4 Å². The second-order valence-corrected chi connectivity index (χ2v) is 7.18. The number of halogens is 1. The smallest absolute Gasteiger partial charge is 0.329 e. The first-order valence-electron chi connectivity index (χ1n) is 9.01. The number of carboxylic acids is 1. The van der Waals surface area contributed by atoms with E-state index in [-0.39, 0.29) is 18.4 Å². The van der Waals surface area contributed by atoms with E-state index in [0.717, 1.165) is 12.8 Å². The van der Waals surface area contributed by atoms with E-state index in [2.05, 4.69) is 5.32 Å². The van der Waals surface area contributed by atoms with Gasteiger partial charge in [-0.3, -0.25) is 9.59 Å². The highest BCUT2D eigenvalue weighted by Crippen LogP contribution is 2.31. The maximum atomic E-state index is 13.0. The fourth-order valence-corrected chi connectivity index (χ4v) is 3.86. The van der Waals surface area contributed by atoms with Crippen molar-refractivity contribution < 1.29 is 23.9 Å². The molecule has 0 bridgehead atoms.